The number of pyridine rings is 2. The summed E-state index contributed by atoms with van der Waals surface area (Å²) in [5.74, 6) is -2.03. The van der Waals surface area contributed by atoms with Gasteiger partial charge in [0.1, 0.15) is 11.4 Å². The fourth-order valence-electron chi connectivity index (χ4n) is 3.71. The zero-order chi connectivity index (χ0) is 23.6. The predicted molar refractivity (Wildman–Crippen MR) is 123 cm³/mol. The molecule has 0 amide bonds. The number of carbonyl (C=O) groups is 2. The molecule has 2 aromatic heterocycles. The topological polar surface area (TPSA) is 122 Å². The number of rotatable bonds is 6. The largest absolute Gasteiger partial charge is 0.477 e. The number of carboxylic acid groups (broad SMARTS) is 2. The first kappa shape index (κ1) is 24.7. The minimum Gasteiger partial charge on any atom is -0.477 e. The van der Waals surface area contributed by atoms with Gasteiger partial charge in [-0.1, -0.05) is 12.1 Å². The van der Waals surface area contributed by atoms with Crippen molar-refractivity contribution in [3.8, 4) is 0 Å². The lowest BCUT2D eigenvalue weighted by Gasteiger charge is -2.29. The Morgan fingerprint density at radius 2 is 1.24 bits per heavy atom. The monoisotopic (exact) mass is 456 g/mol. The third kappa shape index (κ3) is 8.17. The fraction of sp³-hybridized carbons (Fsp3) is 0.478. The quantitative estimate of drug-likeness (QED) is 0.573. The highest BCUT2D eigenvalue weighted by molar-refractivity contribution is 5.85. The number of nitrogens with one attached hydrogen (secondary N) is 1. The maximum absolute atomic E-state index is 11.2. The highest BCUT2D eigenvalue weighted by atomic mass is 16.4. The second kappa shape index (κ2) is 12.4. The molecule has 0 radical (unpaired) electrons. The number of aromatic nitrogens is 2. The molecule has 0 spiro atoms. The number of hydrogen-bond acceptors (Lipinski definition) is 8. The minimum absolute atomic E-state index is 0.0700. The maximum atomic E-state index is 11.2. The highest BCUT2D eigenvalue weighted by Crippen LogP contribution is 2.07. The van der Waals surface area contributed by atoms with Crippen molar-refractivity contribution in [2.75, 3.05) is 59.4 Å². The minimum atomic E-state index is -1.01. The normalized spacial score (nSPS) is 17.7. The maximum Gasteiger partial charge on any atom is 0.354 e. The number of nitrogens with zero attached hydrogens (tertiary/aromatic N) is 5. The van der Waals surface area contributed by atoms with Crippen molar-refractivity contribution in [1.29, 1.82) is 0 Å². The number of hydrogen-bond donors (Lipinski definition) is 3. The van der Waals surface area contributed by atoms with Crippen molar-refractivity contribution < 1.29 is 19.8 Å². The van der Waals surface area contributed by atoms with E-state index in [0.717, 1.165) is 63.7 Å². The third-order valence-corrected chi connectivity index (χ3v) is 5.63. The number of aromatic carboxylic acids is 2. The van der Waals surface area contributed by atoms with Gasteiger partial charge in [0.2, 0.25) is 0 Å². The summed E-state index contributed by atoms with van der Waals surface area (Å²) in [6, 6.07) is 10.2. The highest BCUT2D eigenvalue weighted by Gasteiger charge is 2.14. The summed E-state index contributed by atoms with van der Waals surface area (Å²) in [5.41, 5.74) is 1.65. The molecule has 0 saturated carbocycles. The summed E-state index contributed by atoms with van der Waals surface area (Å²) in [6.07, 6.45) is 0. The molecule has 10 nitrogen and oxygen atoms in total. The Kier molecular flexibility index (Phi) is 9.25. The molecule has 1 saturated heterocycles. The summed E-state index contributed by atoms with van der Waals surface area (Å²) < 4.78 is 0. The van der Waals surface area contributed by atoms with Gasteiger partial charge in [-0.05, 0) is 31.3 Å². The third-order valence-electron chi connectivity index (χ3n) is 5.63. The first-order valence-corrected chi connectivity index (χ1v) is 11.1. The second-order valence-corrected chi connectivity index (χ2v) is 8.24. The van der Waals surface area contributed by atoms with Crippen molar-refractivity contribution in [2.24, 2.45) is 0 Å². The molecule has 0 aromatic carbocycles. The lowest BCUT2D eigenvalue weighted by atomic mass is 10.2. The van der Waals surface area contributed by atoms with E-state index in [0.29, 0.717) is 13.1 Å². The van der Waals surface area contributed by atoms with Crippen LogP contribution in [-0.2, 0) is 13.1 Å². The van der Waals surface area contributed by atoms with E-state index in [1.54, 1.807) is 12.1 Å². The van der Waals surface area contributed by atoms with Crippen LogP contribution in [0.5, 0.6) is 0 Å². The van der Waals surface area contributed by atoms with E-state index >= 15 is 0 Å². The summed E-state index contributed by atoms with van der Waals surface area (Å²) in [6.45, 7) is 7.93. The number of likely N-dealkylation sites (N-methyl/N-ethyl adjacent to an activating group) is 1. The zero-order valence-corrected chi connectivity index (χ0v) is 19.0. The van der Waals surface area contributed by atoms with Crippen LogP contribution >= 0.6 is 0 Å². The molecule has 3 heterocycles. The molecule has 0 bridgehead atoms. The molecule has 0 unspecified atom stereocenters. The van der Waals surface area contributed by atoms with Crippen LogP contribution < -0.4 is 5.32 Å². The van der Waals surface area contributed by atoms with E-state index < -0.39 is 11.9 Å². The average molecular weight is 457 g/mol. The van der Waals surface area contributed by atoms with Crippen LogP contribution in [0, 0.1) is 0 Å². The number of carboxylic acids is 2. The zero-order valence-electron chi connectivity index (χ0n) is 19.0. The van der Waals surface area contributed by atoms with E-state index in [2.05, 4.69) is 37.0 Å². The second-order valence-electron chi connectivity index (χ2n) is 8.24. The van der Waals surface area contributed by atoms with E-state index in [9.17, 15) is 19.8 Å². The SMILES string of the molecule is CN1CCN(Cc2cccc(C(=O)O)n2)CCNCCN(Cc2cccc(C(=O)O)n2)CC1. The van der Waals surface area contributed by atoms with Gasteiger partial charge in [0.25, 0.3) is 0 Å². The van der Waals surface area contributed by atoms with Gasteiger partial charge in [-0.2, -0.15) is 0 Å². The molecule has 1 aliphatic heterocycles. The molecule has 0 aliphatic carbocycles. The van der Waals surface area contributed by atoms with Crippen molar-refractivity contribution >= 4 is 11.9 Å². The van der Waals surface area contributed by atoms with E-state index in [-0.39, 0.29) is 11.4 Å². The lowest BCUT2D eigenvalue weighted by molar-refractivity contribution is 0.0679. The first-order chi connectivity index (χ1) is 15.9. The van der Waals surface area contributed by atoms with Crippen LogP contribution in [0.25, 0.3) is 0 Å². The van der Waals surface area contributed by atoms with Crippen LogP contribution in [0.15, 0.2) is 36.4 Å². The Bertz CT molecular complexity index is 867. The summed E-state index contributed by atoms with van der Waals surface area (Å²) >= 11 is 0. The van der Waals surface area contributed by atoms with Crippen LogP contribution in [-0.4, -0.2) is 106 Å². The lowest BCUT2D eigenvalue weighted by Crippen LogP contribution is -2.43. The summed E-state index contributed by atoms with van der Waals surface area (Å²) in [7, 11) is 2.09. The molecule has 3 rings (SSSR count). The smallest absolute Gasteiger partial charge is 0.354 e. The van der Waals surface area contributed by atoms with Gasteiger partial charge in [-0.3, -0.25) is 9.80 Å². The van der Waals surface area contributed by atoms with Crippen molar-refractivity contribution in [3.05, 3.63) is 59.2 Å². The molecule has 10 heteroatoms. The molecule has 0 atom stereocenters. The van der Waals surface area contributed by atoms with Gasteiger partial charge in [0.15, 0.2) is 0 Å². The van der Waals surface area contributed by atoms with Crippen molar-refractivity contribution in [3.63, 3.8) is 0 Å². The molecule has 1 fully saturated rings. The molecule has 3 N–H and O–H groups in total. The van der Waals surface area contributed by atoms with Crippen LogP contribution in [0.3, 0.4) is 0 Å². The van der Waals surface area contributed by atoms with Crippen LogP contribution in [0.4, 0.5) is 0 Å². The Morgan fingerprint density at radius 3 is 1.67 bits per heavy atom. The average Bonchev–Trinajstić information content (AvgIpc) is 2.79. The summed E-state index contributed by atoms with van der Waals surface area (Å²) in [5, 5.41) is 21.8. The molecule has 1 aliphatic rings. The molecule has 178 valence electrons. The van der Waals surface area contributed by atoms with Gasteiger partial charge < -0.3 is 20.4 Å². The Labute approximate surface area is 193 Å². The van der Waals surface area contributed by atoms with Gasteiger partial charge in [-0.25, -0.2) is 19.6 Å². The van der Waals surface area contributed by atoms with Crippen LogP contribution in [0.1, 0.15) is 32.4 Å². The Hall–Kier alpha value is -2.92. The van der Waals surface area contributed by atoms with Gasteiger partial charge in [0.05, 0.1) is 11.4 Å². The Morgan fingerprint density at radius 1 is 0.788 bits per heavy atom. The molecule has 33 heavy (non-hydrogen) atoms. The van der Waals surface area contributed by atoms with Crippen molar-refractivity contribution in [1.82, 2.24) is 30.0 Å². The van der Waals surface area contributed by atoms with Gasteiger partial charge in [-0.15, -0.1) is 0 Å². The standard InChI is InChI=1S/C23H32N6O4/c1-27-12-14-28(16-18-4-2-6-20(25-18)22(30)31)10-8-24-9-11-29(15-13-27)17-19-5-3-7-21(26-19)23(32)33/h2-7,24H,8-17H2,1H3,(H,30,31)(H,32,33). The van der Waals surface area contributed by atoms with E-state index in [4.69, 9.17) is 0 Å². The van der Waals surface area contributed by atoms with Gasteiger partial charge >= 0.3 is 11.9 Å². The van der Waals surface area contributed by atoms with E-state index in [1.165, 1.54) is 12.1 Å². The van der Waals surface area contributed by atoms with Crippen molar-refractivity contribution in [2.45, 2.75) is 13.1 Å². The first-order valence-electron chi connectivity index (χ1n) is 11.1. The summed E-state index contributed by atoms with van der Waals surface area (Å²) in [4.78, 5) is 37.8. The van der Waals surface area contributed by atoms with Crippen LogP contribution in [0.2, 0.25) is 0 Å². The fourth-order valence-corrected chi connectivity index (χ4v) is 3.71. The molecule has 2 aromatic rings. The molecular weight excluding hydrogens is 424 g/mol. The Balaban J connectivity index is 1.56. The van der Waals surface area contributed by atoms with Gasteiger partial charge in [0, 0.05) is 65.4 Å². The predicted octanol–water partition coefficient (Wildman–Crippen LogP) is 0.712. The molecular formula is C23H32N6O4. The van der Waals surface area contributed by atoms with E-state index in [1.807, 2.05) is 12.1 Å².